The summed E-state index contributed by atoms with van der Waals surface area (Å²) in [4.78, 5) is 19.2. The van der Waals surface area contributed by atoms with Gasteiger partial charge in [0.15, 0.2) is 0 Å². The van der Waals surface area contributed by atoms with Crippen molar-refractivity contribution in [2.45, 2.75) is 32.6 Å². The average molecular weight is 235 g/mol. The minimum Gasteiger partial charge on any atom is -0.481 e. The second-order valence-electron chi connectivity index (χ2n) is 4.47. The zero-order chi connectivity index (χ0) is 12.3. The number of rotatable bonds is 4. The molecule has 0 aromatic carbocycles. The van der Waals surface area contributed by atoms with Crippen molar-refractivity contribution in [1.29, 1.82) is 0 Å². The molecule has 2 rings (SSSR count). The molecule has 1 unspecified atom stereocenters. The lowest BCUT2D eigenvalue weighted by molar-refractivity contribution is -0.140. The van der Waals surface area contributed by atoms with Gasteiger partial charge in [0, 0.05) is 17.8 Å². The van der Waals surface area contributed by atoms with Gasteiger partial charge in [-0.15, -0.1) is 0 Å². The molecule has 1 heterocycles. The van der Waals surface area contributed by atoms with E-state index in [1.165, 1.54) is 6.42 Å². The van der Waals surface area contributed by atoms with Crippen molar-refractivity contribution in [3.8, 4) is 0 Å². The maximum Gasteiger partial charge on any atom is 0.308 e. The van der Waals surface area contributed by atoms with Gasteiger partial charge in [0.05, 0.1) is 5.92 Å². The predicted octanol–water partition coefficient (Wildman–Crippen LogP) is 1.49. The summed E-state index contributed by atoms with van der Waals surface area (Å²) in [5.74, 6) is -0.396. The number of fused-ring (bicyclic) bond motifs is 1. The molecule has 0 amide bonds. The van der Waals surface area contributed by atoms with Gasteiger partial charge in [-0.25, -0.2) is 9.97 Å². The SMILES string of the molecule is CC(CNc1ncnc2c1CCCC2)C(=O)O. The molecule has 1 aromatic rings. The van der Waals surface area contributed by atoms with Gasteiger partial charge >= 0.3 is 5.97 Å². The second kappa shape index (κ2) is 5.12. The molecular formula is C12H17N3O2. The Labute approximate surface area is 100 Å². The molecule has 17 heavy (non-hydrogen) atoms. The van der Waals surface area contributed by atoms with E-state index in [0.717, 1.165) is 36.3 Å². The van der Waals surface area contributed by atoms with Crippen molar-refractivity contribution in [2.24, 2.45) is 5.92 Å². The topological polar surface area (TPSA) is 75.1 Å². The fraction of sp³-hybridized carbons (Fsp3) is 0.583. The molecule has 0 fully saturated rings. The normalized spacial score (nSPS) is 16.1. The largest absolute Gasteiger partial charge is 0.481 e. The third kappa shape index (κ3) is 2.72. The third-order valence-corrected chi connectivity index (χ3v) is 3.12. The lowest BCUT2D eigenvalue weighted by Crippen LogP contribution is -2.21. The predicted molar refractivity (Wildman–Crippen MR) is 64.0 cm³/mol. The number of hydrogen-bond donors (Lipinski definition) is 2. The van der Waals surface area contributed by atoms with Crippen LogP contribution in [-0.2, 0) is 17.6 Å². The van der Waals surface area contributed by atoms with Gasteiger partial charge in [0.1, 0.15) is 12.1 Å². The van der Waals surface area contributed by atoms with Crippen LogP contribution in [0.2, 0.25) is 0 Å². The van der Waals surface area contributed by atoms with Crippen molar-refractivity contribution < 1.29 is 9.90 Å². The van der Waals surface area contributed by atoms with Crippen molar-refractivity contribution in [1.82, 2.24) is 9.97 Å². The third-order valence-electron chi connectivity index (χ3n) is 3.12. The number of aryl methyl sites for hydroxylation is 1. The summed E-state index contributed by atoms with van der Waals surface area (Å²) in [6.07, 6.45) is 5.87. The van der Waals surface area contributed by atoms with Gasteiger partial charge in [0.25, 0.3) is 0 Å². The maximum atomic E-state index is 10.7. The first-order chi connectivity index (χ1) is 8.18. The Morgan fingerprint density at radius 3 is 3.00 bits per heavy atom. The molecule has 1 atom stereocenters. The van der Waals surface area contributed by atoms with Crippen LogP contribution in [-0.4, -0.2) is 27.6 Å². The van der Waals surface area contributed by atoms with Crippen LogP contribution in [0.25, 0.3) is 0 Å². The van der Waals surface area contributed by atoms with E-state index in [0.29, 0.717) is 6.54 Å². The van der Waals surface area contributed by atoms with E-state index in [1.807, 2.05) is 0 Å². The molecule has 1 aliphatic rings. The molecule has 0 saturated carbocycles. The minimum absolute atomic E-state index is 0.402. The molecule has 0 spiro atoms. The number of carbonyl (C=O) groups is 1. The summed E-state index contributed by atoms with van der Waals surface area (Å²) in [7, 11) is 0. The smallest absolute Gasteiger partial charge is 0.308 e. The van der Waals surface area contributed by atoms with Crippen molar-refractivity contribution in [3.63, 3.8) is 0 Å². The van der Waals surface area contributed by atoms with Crippen LogP contribution in [0.3, 0.4) is 0 Å². The van der Waals surface area contributed by atoms with E-state index < -0.39 is 11.9 Å². The van der Waals surface area contributed by atoms with Crippen molar-refractivity contribution in [3.05, 3.63) is 17.6 Å². The van der Waals surface area contributed by atoms with Crippen LogP contribution >= 0.6 is 0 Å². The number of nitrogens with zero attached hydrogens (tertiary/aromatic N) is 2. The molecule has 1 aromatic heterocycles. The Balaban J connectivity index is 2.08. The summed E-state index contributed by atoms with van der Waals surface area (Å²) >= 11 is 0. The number of carboxylic acid groups (broad SMARTS) is 1. The number of aromatic nitrogens is 2. The number of hydrogen-bond acceptors (Lipinski definition) is 4. The first-order valence-corrected chi connectivity index (χ1v) is 5.98. The maximum absolute atomic E-state index is 10.7. The van der Waals surface area contributed by atoms with Crippen LogP contribution in [0.4, 0.5) is 5.82 Å². The number of anilines is 1. The Bertz CT molecular complexity index is 420. The average Bonchev–Trinajstić information content (AvgIpc) is 2.35. The molecule has 0 saturated heterocycles. The number of aliphatic carboxylic acids is 1. The molecule has 0 aliphatic heterocycles. The second-order valence-corrected chi connectivity index (χ2v) is 4.47. The Kier molecular flexibility index (Phi) is 3.56. The molecule has 2 N–H and O–H groups in total. The number of carboxylic acids is 1. The standard InChI is InChI=1S/C12H17N3O2/c1-8(12(16)17)6-13-11-9-4-2-3-5-10(9)14-7-15-11/h7-8H,2-6H2,1H3,(H,16,17)(H,13,14,15). The molecule has 5 heteroatoms. The van der Waals surface area contributed by atoms with E-state index >= 15 is 0 Å². The summed E-state index contributed by atoms with van der Waals surface area (Å²) in [6, 6.07) is 0. The fourth-order valence-electron chi connectivity index (χ4n) is 2.01. The zero-order valence-electron chi connectivity index (χ0n) is 9.94. The summed E-state index contributed by atoms with van der Waals surface area (Å²) < 4.78 is 0. The van der Waals surface area contributed by atoms with E-state index in [2.05, 4.69) is 15.3 Å². The monoisotopic (exact) mass is 235 g/mol. The van der Waals surface area contributed by atoms with Gasteiger partial charge in [-0.05, 0) is 25.7 Å². The zero-order valence-corrected chi connectivity index (χ0v) is 9.94. The number of nitrogens with one attached hydrogen (secondary N) is 1. The molecule has 92 valence electrons. The fourth-order valence-corrected chi connectivity index (χ4v) is 2.01. The molecular weight excluding hydrogens is 218 g/mol. The lowest BCUT2D eigenvalue weighted by Gasteiger charge is -2.18. The van der Waals surface area contributed by atoms with Crippen LogP contribution in [0.5, 0.6) is 0 Å². The highest BCUT2D eigenvalue weighted by molar-refractivity contribution is 5.70. The van der Waals surface area contributed by atoms with Gasteiger partial charge < -0.3 is 10.4 Å². The van der Waals surface area contributed by atoms with Crippen LogP contribution in [0.1, 0.15) is 31.0 Å². The summed E-state index contributed by atoms with van der Waals surface area (Å²) in [5, 5.41) is 11.9. The highest BCUT2D eigenvalue weighted by Gasteiger charge is 2.17. The van der Waals surface area contributed by atoms with E-state index in [9.17, 15) is 4.79 Å². The Morgan fingerprint density at radius 1 is 1.47 bits per heavy atom. The quantitative estimate of drug-likeness (QED) is 0.827. The van der Waals surface area contributed by atoms with E-state index in [-0.39, 0.29) is 0 Å². The van der Waals surface area contributed by atoms with E-state index in [4.69, 9.17) is 5.11 Å². The Morgan fingerprint density at radius 2 is 2.24 bits per heavy atom. The highest BCUT2D eigenvalue weighted by Crippen LogP contribution is 2.24. The van der Waals surface area contributed by atoms with E-state index in [1.54, 1.807) is 13.3 Å². The molecule has 5 nitrogen and oxygen atoms in total. The van der Waals surface area contributed by atoms with Crippen LogP contribution < -0.4 is 5.32 Å². The first-order valence-electron chi connectivity index (χ1n) is 5.98. The Hall–Kier alpha value is -1.65. The minimum atomic E-state index is -0.791. The van der Waals surface area contributed by atoms with Gasteiger partial charge in [-0.1, -0.05) is 6.92 Å². The molecule has 1 aliphatic carbocycles. The van der Waals surface area contributed by atoms with Crippen molar-refractivity contribution >= 4 is 11.8 Å². The first kappa shape index (κ1) is 11.8. The lowest BCUT2D eigenvalue weighted by atomic mass is 9.96. The van der Waals surface area contributed by atoms with Crippen LogP contribution in [0.15, 0.2) is 6.33 Å². The van der Waals surface area contributed by atoms with Gasteiger partial charge in [-0.3, -0.25) is 4.79 Å². The summed E-state index contributed by atoms with van der Waals surface area (Å²) in [5.41, 5.74) is 2.27. The van der Waals surface area contributed by atoms with Gasteiger partial charge in [0.2, 0.25) is 0 Å². The molecule has 0 bridgehead atoms. The van der Waals surface area contributed by atoms with Gasteiger partial charge in [-0.2, -0.15) is 0 Å². The summed E-state index contributed by atoms with van der Waals surface area (Å²) in [6.45, 7) is 2.09. The van der Waals surface area contributed by atoms with Crippen molar-refractivity contribution in [2.75, 3.05) is 11.9 Å². The van der Waals surface area contributed by atoms with Crippen LogP contribution in [0, 0.1) is 5.92 Å². The highest BCUT2D eigenvalue weighted by atomic mass is 16.4. The molecule has 0 radical (unpaired) electrons.